The van der Waals surface area contributed by atoms with E-state index in [1.165, 1.54) is 51.7 Å². The Hall–Kier alpha value is -3.41. The summed E-state index contributed by atoms with van der Waals surface area (Å²) in [6.07, 6.45) is -0.449. The van der Waals surface area contributed by atoms with Crippen molar-refractivity contribution in [2.45, 2.75) is 11.3 Å². The molecule has 2 rings (SSSR count). The monoisotopic (exact) mass is 410 g/mol. The van der Waals surface area contributed by atoms with E-state index >= 15 is 0 Å². The zero-order valence-corrected chi connectivity index (χ0v) is 16.1. The highest BCUT2D eigenvalue weighted by molar-refractivity contribution is 7.92. The minimum atomic E-state index is -3.97. The molecule has 1 aromatic carbocycles. The second-order valence-electron chi connectivity index (χ2n) is 5.21. The highest BCUT2D eigenvalue weighted by Gasteiger charge is 2.17. The number of anilines is 2. The summed E-state index contributed by atoms with van der Waals surface area (Å²) in [5.41, 5.74) is 0.318. The van der Waals surface area contributed by atoms with Crippen molar-refractivity contribution in [2.75, 3.05) is 31.4 Å². The maximum Gasteiger partial charge on any atom is 0.321 e. The van der Waals surface area contributed by atoms with Gasteiger partial charge in [0.05, 0.1) is 26.2 Å². The largest absolute Gasteiger partial charge is 0.481 e. The molecule has 150 valence electrons. The van der Waals surface area contributed by atoms with Crippen LogP contribution >= 0.6 is 0 Å². The van der Waals surface area contributed by atoms with Crippen LogP contribution in [0.1, 0.15) is 6.42 Å². The van der Waals surface area contributed by atoms with Gasteiger partial charge in [0.1, 0.15) is 6.42 Å². The van der Waals surface area contributed by atoms with Crippen molar-refractivity contribution in [3.05, 3.63) is 30.3 Å². The smallest absolute Gasteiger partial charge is 0.321 e. The molecule has 0 radical (unpaired) electrons. The third-order valence-corrected chi connectivity index (χ3v) is 4.66. The summed E-state index contributed by atoms with van der Waals surface area (Å²) in [4.78, 5) is 30.4. The van der Waals surface area contributed by atoms with E-state index in [2.05, 4.69) is 24.7 Å². The zero-order chi connectivity index (χ0) is 20.7. The van der Waals surface area contributed by atoms with Gasteiger partial charge in [0.2, 0.25) is 11.8 Å². The van der Waals surface area contributed by atoms with Crippen molar-refractivity contribution < 1.29 is 32.2 Å². The van der Waals surface area contributed by atoms with Crippen LogP contribution in [0.2, 0.25) is 0 Å². The lowest BCUT2D eigenvalue weighted by atomic mass is 10.3. The first-order valence-electron chi connectivity index (χ1n) is 7.74. The average Bonchev–Trinajstić information content (AvgIpc) is 2.67. The summed E-state index contributed by atoms with van der Waals surface area (Å²) < 4.78 is 41.6. The van der Waals surface area contributed by atoms with E-state index in [9.17, 15) is 18.0 Å². The fourth-order valence-electron chi connectivity index (χ4n) is 1.97. The normalized spacial score (nSPS) is 10.7. The molecule has 1 amide bonds. The summed E-state index contributed by atoms with van der Waals surface area (Å²) in [7, 11) is -0.0960. The molecule has 0 saturated carbocycles. The van der Waals surface area contributed by atoms with Gasteiger partial charge >= 0.3 is 12.0 Å². The van der Waals surface area contributed by atoms with E-state index in [4.69, 9.17) is 9.47 Å². The lowest BCUT2D eigenvalue weighted by Gasteiger charge is -2.10. The number of benzene rings is 1. The predicted octanol–water partition coefficient (Wildman–Crippen LogP) is 0.796. The van der Waals surface area contributed by atoms with Gasteiger partial charge < -0.3 is 19.5 Å². The standard InChI is InChI=1S/C16H18N4O7S/c1-25-14-8-12(18-16(19-14)27-3)20-28(23,24)11-6-4-10(5-7-11)17-13(21)9-15(22)26-2/h4-8H,9H2,1-3H3,(H,17,21)(H,18,19,20). The van der Waals surface area contributed by atoms with Gasteiger partial charge in [0.25, 0.3) is 10.0 Å². The van der Waals surface area contributed by atoms with Crippen LogP contribution in [-0.2, 0) is 24.3 Å². The molecule has 1 aromatic heterocycles. The van der Waals surface area contributed by atoms with Gasteiger partial charge in [-0.2, -0.15) is 9.97 Å². The van der Waals surface area contributed by atoms with Crippen LogP contribution in [0.4, 0.5) is 11.5 Å². The minimum absolute atomic E-state index is 0.0424. The number of hydrogen-bond donors (Lipinski definition) is 2. The first-order chi connectivity index (χ1) is 13.3. The van der Waals surface area contributed by atoms with Gasteiger partial charge in [-0.1, -0.05) is 0 Å². The van der Waals surface area contributed by atoms with Crippen molar-refractivity contribution in [2.24, 2.45) is 0 Å². The fraction of sp³-hybridized carbons (Fsp3) is 0.250. The molecule has 0 fully saturated rings. The molecule has 0 aliphatic carbocycles. The van der Waals surface area contributed by atoms with E-state index in [1.807, 2.05) is 0 Å². The number of nitrogens with zero attached hydrogens (tertiary/aromatic N) is 2. The van der Waals surface area contributed by atoms with Gasteiger partial charge in [-0.15, -0.1) is 0 Å². The van der Waals surface area contributed by atoms with Crippen molar-refractivity contribution in [3.8, 4) is 11.9 Å². The third-order valence-electron chi connectivity index (χ3n) is 3.29. The number of nitrogens with one attached hydrogen (secondary N) is 2. The Morgan fingerprint density at radius 3 is 2.29 bits per heavy atom. The summed E-state index contributed by atoms with van der Waals surface area (Å²) in [5.74, 6) is -1.19. The molecule has 12 heteroatoms. The second kappa shape index (κ2) is 8.99. The quantitative estimate of drug-likeness (QED) is 0.476. The molecular weight excluding hydrogens is 392 g/mol. The number of esters is 1. The molecule has 1 heterocycles. The number of aromatic nitrogens is 2. The maximum absolute atomic E-state index is 12.5. The summed E-state index contributed by atoms with van der Waals surface area (Å²) in [6.45, 7) is 0. The molecule has 0 unspecified atom stereocenters. The Balaban J connectivity index is 2.14. The number of ether oxygens (including phenoxy) is 3. The summed E-state index contributed by atoms with van der Waals surface area (Å²) >= 11 is 0. The van der Waals surface area contributed by atoms with E-state index in [1.54, 1.807) is 0 Å². The predicted molar refractivity (Wildman–Crippen MR) is 97.6 cm³/mol. The van der Waals surface area contributed by atoms with Crippen LogP contribution in [-0.4, -0.2) is 51.6 Å². The molecule has 2 N–H and O–H groups in total. The Morgan fingerprint density at radius 1 is 1.04 bits per heavy atom. The highest BCUT2D eigenvalue weighted by atomic mass is 32.2. The summed E-state index contributed by atoms with van der Waals surface area (Å²) in [6, 6.07) is 6.55. The van der Waals surface area contributed by atoms with Crippen molar-refractivity contribution in [1.29, 1.82) is 0 Å². The van der Waals surface area contributed by atoms with Crippen LogP contribution in [0.25, 0.3) is 0 Å². The topological polar surface area (TPSA) is 146 Å². The molecule has 11 nitrogen and oxygen atoms in total. The molecule has 0 aliphatic heterocycles. The molecule has 0 atom stereocenters. The molecule has 2 aromatic rings. The Morgan fingerprint density at radius 2 is 1.71 bits per heavy atom. The van der Waals surface area contributed by atoms with Gasteiger partial charge in [-0.3, -0.25) is 14.3 Å². The van der Waals surface area contributed by atoms with Crippen LogP contribution in [0.3, 0.4) is 0 Å². The molecule has 0 spiro atoms. The van der Waals surface area contributed by atoms with E-state index in [-0.39, 0.29) is 22.6 Å². The van der Waals surface area contributed by atoms with Gasteiger partial charge in [0.15, 0.2) is 5.82 Å². The number of amides is 1. The molecule has 0 aliphatic rings. The lowest BCUT2D eigenvalue weighted by Crippen LogP contribution is -2.17. The Bertz CT molecular complexity index is 939. The SMILES string of the molecule is COC(=O)CC(=O)Nc1ccc(S(=O)(=O)Nc2cc(OC)nc(OC)n2)cc1. The highest BCUT2D eigenvalue weighted by Crippen LogP contribution is 2.21. The summed E-state index contributed by atoms with van der Waals surface area (Å²) in [5, 5.41) is 2.46. The number of hydrogen-bond acceptors (Lipinski definition) is 9. The van der Waals surface area contributed by atoms with Gasteiger partial charge in [-0.25, -0.2) is 8.42 Å². The maximum atomic E-state index is 12.5. The first kappa shape index (κ1) is 20.9. The van der Waals surface area contributed by atoms with Gasteiger partial charge in [0, 0.05) is 11.8 Å². The number of sulfonamides is 1. The first-order valence-corrected chi connectivity index (χ1v) is 9.22. The zero-order valence-electron chi connectivity index (χ0n) is 15.3. The van der Waals surface area contributed by atoms with Crippen LogP contribution in [0.5, 0.6) is 11.9 Å². The second-order valence-corrected chi connectivity index (χ2v) is 6.90. The average molecular weight is 410 g/mol. The molecule has 28 heavy (non-hydrogen) atoms. The van der Waals surface area contributed by atoms with Crippen molar-refractivity contribution >= 4 is 33.4 Å². The van der Waals surface area contributed by atoms with Gasteiger partial charge in [-0.05, 0) is 24.3 Å². The Labute approximate surface area is 161 Å². The number of carbonyl (C=O) groups excluding carboxylic acids is 2. The van der Waals surface area contributed by atoms with E-state index in [0.717, 1.165) is 0 Å². The van der Waals surface area contributed by atoms with Crippen LogP contribution < -0.4 is 19.5 Å². The minimum Gasteiger partial charge on any atom is -0.481 e. The fourth-order valence-corrected chi connectivity index (χ4v) is 2.97. The number of rotatable bonds is 8. The van der Waals surface area contributed by atoms with E-state index in [0.29, 0.717) is 5.69 Å². The number of methoxy groups -OCH3 is 3. The molecule has 0 bridgehead atoms. The van der Waals surface area contributed by atoms with Crippen LogP contribution in [0, 0.1) is 0 Å². The number of carbonyl (C=O) groups is 2. The van der Waals surface area contributed by atoms with Crippen molar-refractivity contribution in [1.82, 2.24) is 9.97 Å². The Kier molecular flexibility index (Phi) is 6.71. The van der Waals surface area contributed by atoms with E-state index < -0.39 is 28.3 Å². The van der Waals surface area contributed by atoms with Crippen molar-refractivity contribution in [3.63, 3.8) is 0 Å². The van der Waals surface area contributed by atoms with Crippen LogP contribution in [0.15, 0.2) is 35.2 Å². The lowest BCUT2D eigenvalue weighted by molar-refractivity contribution is -0.142. The molecule has 0 saturated heterocycles. The third kappa shape index (κ3) is 5.54. The molecular formula is C16H18N4O7S.